The summed E-state index contributed by atoms with van der Waals surface area (Å²) in [5, 5.41) is 3.41. The number of rotatable bonds is 4. The summed E-state index contributed by atoms with van der Waals surface area (Å²) in [6.07, 6.45) is 0.0386. The molecule has 5 heteroatoms. The largest absolute Gasteiger partial charge is 0.374 e. The van der Waals surface area contributed by atoms with Gasteiger partial charge in [0.25, 0.3) is 0 Å². The monoisotopic (exact) mass is 344 g/mol. The van der Waals surface area contributed by atoms with E-state index in [1.165, 1.54) is 0 Å². The van der Waals surface area contributed by atoms with Gasteiger partial charge in [-0.3, -0.25) is 4.90 Å². The first kappa shape index (κ1) is 15.9. The molecule has 20 heavy (non-hydrogen) atoms. The summed E-state index contributed by atoms with van der Waals surface area (Å²) in [6.45, 7) is 6.57. The van der Waals surface area contributed by atoms with Crippen molar-refractivity contribution >= 4 is 15.9 Å². The number of hydrogen-bond acceptors (Lipinski definition) is 3. The molecule has 0 radical (unpaired) electrons. The van der Waals surface area contributed by atoms with E-state index in [9.17, 15) is 4.39 Å². The minimum absolute atomic E-state index is 0.0386. The highest BCUT2D eigenvalue weighted by Crippen LogP contribution is 2.30. The minimum atomic E-state index is -0.225. The number of likely N-dealkylation sites (N-methyl/N-ethyl adjacent to an activating group) is 1. The Labute approximate surface area is 128 Å². The van der Waals surface area contributed by atoms with E-state index in [-0.39, 0.29) is 18.0 Å². The van der Waals surface area contributed by atoms with Crippen LogP contribution >= 0.6 is 15.9 Å². The summed E-state index contributed by atoms with van der Waals surface area (Å²) in [5.74, 6) is -0.225. The van der Waals surface area contributed by atoms with Crippen LogP contribution in [0.25, 0.3) is 0 Å². The van der Waals surface area contributed by atoms with E-state index in [4.69, 9.17) is 4.74 Å². The van der Waals surface area contributed by atoms with Crippen molar-refractivity contribution in [1.29, 1.82) is 0 Å². The summed E-state index contributed by atoms with van der Waals surface area (Å²) in [6, 6.07) is 5.82. The summed E-state index contributed by atoms with van der Waals surface area (Å²) in [4.78, 5) is 2.23. The Morgan fingerprint density at radius 3 is 2.90 bits per heavy atom. The normalized spacial score (nSPS) is 24.3. The molecule has 0 amide bonds. The molecule has 0 aromatic heterocycles. The smallest absolute Gasteiger partial charge is 0.137 e. The highest BCUT2D eigenvalue weighted by atomic mass is 79.9. The number of nitrogens with zero attached hydrogens (tertiary/aromatic N) is 1. The first-order valence-corrected chi connectivity index (χ1v) is 7.78. The topological polar surface area (TPSA) is 24.5 Å². The molecule has 1 saturated heterocycles. The third-order valence-corrected chi connectivity index (χ3v) is 4.26. The molecule has 1 heterocycles. The van der Waals surface area contributed by atoms with Crippen molar-refractivity contribution in [2.45, 2.75) is 32.0 Å². The molecule has 2 unspecified atom stereocenters. The van der Waals surface area contributed by atoms with Crippen LogP contribution in [-0.4, -0.2) is 43.8 Å². The van der Waals surface area contributed by atoms with E-state index in [1.54, 1.807) is 12.1 Å². The zero-order valence-corrected chi connectivity index (χ0v) is 13.8. The van der Waals surface area contributed by atoms with Crippen molar-refractivity contribution in [2.24, 2.45) is 0 Å². The van der Waals surface area contributed by atoms with Gasteiger partial charge in [-0.15, -0.1) is 0 Å². The maximum absolute atomic E-state index is 13.8. The quantitative estimate of drug-likeness (QED) is 0.908. The van der Waals surface area contributed by atoms with E-state index >= 15 is 0 Å². The van der Waals surface area contributed by atoms with Crippen molar-refractivity contribution in [3.63, 3.8) is 0 Å². The van der Waals surface area contributed by atoms with Crippen LogP contribution in [0.2, 0.25) is 0 Å². The first-order valence-electron chi connectivity index (χ1n) is 6.99. The highest BCUT2D eigenvalue weighted by molar-refractivity contribution is 9.10. The van der Waals surface area contributed by atoms with Crippen LogP contribution in [0.1, 0.15) is 25.5 Å². The zero-order valence-electron chi connectivity index (χ0n) is 12.2. The van der Waals surface area contributed by atoms with Crippen molar-refractivity contribution in [3.05, 3.63) is 34.1 Å². The van der Waals surface area contributed by atoms with Crippen LogP contribution in [0.3, 0.4) is 0 Å². The van der Waals surface area contributed by atoms with Crippen LogP contribution in [0, 0.1) is 5.82 Å². The second kappa shape index (κ2) is 6.98. The van der Waals surface area contributed by atoms with E-state index < -0.39 is 0 Å². The predicted octanol–water partition coefficient (Wildman–Crippen LogP) is 2.96. The number of ether oxygens (including phenoxy) is 1. The molecular weight excluding hydrogens is 323 g/mol. The van der Waals surface area contributed by atoms with Gasteiger partial charge >= 0.3 is 0 Å². The highest BCUT2D eigenvalue weighted by Gasteiger charge is 2.31. The fraction of sp³-hybridized carbons (Fsp3) is 0.600. The van der Waals surface area contributed by atoms with Gasteiger partial charge < -0.3 is 10.1 Å². The standard InChI is InChI=1S/C15H22BrFN2O/c1-10(2)18-9-14-15(19(3)6-7-20-14)11-4-5-12(16)13(17)8-11/h4-5,8,10,14-15,18H,6-7,9H2,1-3H3. The second-order valence-corrected chi connectivity index (χ2v) is 6.43. The molecular formula is C15H22BrFN2O. The maximum Gasteiger partial charge on any atom is 0.137 e. The lowest BCUT2D eigenvalue weighted by Crippen LogP contribution is -2.48. The minimum Gasteiger partial charge on any atom is -0.374 e. The molecule has 1 aromatic rings. The predicted molar refractivity (Wildman–Crippen MR) is 82.3 cm³/mol. The Balaban J connectivity index is 2.20. The summed E-state index contributed by atoms with van der Waals surface area (Å²) >= 11 is 3.20. The molecule has 2 rings (SSSR count). The molecule has 0 bridgehead atoms. The lowest BCUT2D eigenvalue weighted by atomic mass is 9.98. The van der Waals surface area contributed by atoms with Crippen molar-refractivity contribution < 1.29 is 9.13 Å². The third kappa shape index (κ3) is 3.79. The van der Waals surface area contributed by atoms with Crippen LogP contribution in [0.5, 0.6) is 0 Å². The Morgan fingerprint density at radius 1 is 1.50 bits per heavy atom. The van der Waals surface area contributed by atoms with Crippen LogP contribution in [0.4, 0.5) is 4.39 Å². The molecule has 3 nitrogen and oxygen atoms in total. The van der Waals surface area contributed by atoms with E-state index in [1.807, 2.05) is 6.07 Å². The number of morpholine rings is 1. The van der Waals surface area contributed by atoms with Crippen LogP contribution in [-0.2, 0) is 4.74 Å². The van der Waals surface area contributed by atoms with Crippen molar-refractivity contribution in [2.75, 3.05) is 26.7 Å². The second-order valence-electron chi connectivity index (χ2n) is 5.57. The molecule has 1 fully saturated rings. The molecule has 0 aliphatic carbocycles. The number of nitrogens with one attached hydrogen (secondary N) is 1. The van der Waals surface area contributed by atoms with Crippen molar-refractivity contribution in [1.82, 2.24) is 10.2 Å². The van der Waals surface area contributed by atoms with Crippen molar-refractivity contribution in [3.8, 4) is 0 Å². The van der Waals surface area contributed by atoms with Gasteiger partial charge in [0, 0.05) is 19.1 Å². The maximum atomic E-state index is 13.8. The summed E-state index contributed by atoms with van der Waals surface area (Å²) in [5.41, 5.74) is 0.962. The number of halogens is 2. The molecule has 1 aliphatic heterocycles. The fourth-order valence-electron chi connectivity index (χ4n) is 2.55. The fourth-order valence-corrected chi connectivity index (χ4v) is 2.80. The molecule has 2 atom stereocenters. The van der Waals surface area contributed by atoms with Gasteiger partial charge in [0.1, 0.15) is 5.82 Å². The van der Waals surface area contributed by atoms with Gasteiger partial charge in [-0.05, 0) is 40.7 Å². The van der Waals surface area contributed by atoms with Crippen LogP contribution in [0.15, 0.2) is 22.7 Å². The Hall–Kier alpha value is -0.490. The zero-order chi connectivity index (χ0) is 14.7. The van der Waals surface area contributed by atoms with Gasteiger partial charge in [0.15, 0.2) is 0 Å². The molecule has 1 aromatic carbocycles. The van der Waals surface area contributed by atoms with E-state index in [0.717, 1.165) is 25.3 Å². The van der Waals surface area contributed by atoms with Gasteiger partial charge in [0.2, 0.25) is 0 Å². The third-order valence-electron chi connectivity index (χ3n) is 3.62. The van der Waals surface area contributed by atoms with Gasteiger partial charge in [-0.25, -0.2) is 4.39 Å². The van der Waals surface area contributed by atoms with Gasteiger partial charge in [0.05, 0.1) is 23.2 Å². The summed E-state index contributed by atoms with van der Waals surface area (Å²) in [7, 11) is 2.06. The lowest BCUT2D eigenvalue weighted by molar-refractivity contribution is -0.0620. The molecule has 112 valence electrons. The van der Waals surface area contributed by atoms with E-state index in [2.05, 4.69) is 47.0 Å². The first-order chi connectivity index (χ1) is 9.49. The Morgan fingerprint density at radius 2 is 2.25 bits per heavy atom. The summed E-state index contributed by atoms with van der Waals surface area (Å²) < 4.78 is 20.2. The average Bonchev–Trinajstić information content (AvgIpc) is 2.40. The number of benzene rings is 1. The lowest BCUT2D eigenvalue weighted by Gasteiger charge is -2.40. The average molecular weight is 345 g/mol. The Bertz CT molecular complexity index is 455. The van der Waals surface area contributed by atoms with E-state index in [0.29, 0.717) is 10.5 Å². The van der Waals surface area contributed by atoms with Crippen LogP contribution < -0.4 is 5.32 Å². The SMILES string of the molecule is CC(C)NCC1OCCN(C)C1c1ccc(Br)c(F)c1. The molecule has 0 saturated carbocycles. The molecule has 0 spiro atoms. The Kier molecular flexibility index (Phi) is 5.55. The van der Waals surface area contributed by atoms with Gasteiger partial charge in [-0.2, -0.15) is 0 Å². The van der Waals surface area contributed by atoms with Gasteiger partial charge in [-0.1, -0.05) is 19.9 Å². The molecule has 1 aliphatic rings. The molecule has 1 N–H and O–H groups in total. The number of hydrogen-bond donors (Lipinski definition) is 1.